The molecule has 1 amide bonds. The maximum absolute atomic E-state index is 12.5. The van der Waals surface area contributed by atoms with Gasteiger partial charge in [-0.25, -0.2) is 9.50 Å². The van der Waals surface area contributed by atoms with E-state index in [1.807, 2.05) is 26.8 Å². The maximum atomic E-state index is 12.5. The number of hydrogen-bond acceptors (Lipinski definition) is 6. The van der Waals surface area contributed by atoms with Crippen LogP contribution in [0, 0.1) is 20.8 Å². The molecule has 1 aliphatic rings. The van der Waals surface area contributed by atoms with Crippen molar-refractivity contribution in [3.8, 4) is 0 Å². The average Bonchev–Trinajstić information content (AvgIpc) is 3.24. The zero-order chi connectivity index (χ0) is 22.3. The Morgan fingerprint density at radius 2 is 1.97 bits per heavy atom. The van der Waals surface area contributed by atoms with Crippen LogP contribution in [-0.2, 0) is 20.7 Å². The fraction of sp³-hybridized carbons (Fsp3) is 0.348. The van der Waals surface area contributed by atoms with Gasteiger partial charge in [-0.3, -0.25) is 14.4 Å². The van der Waals surface area contributed by atoms with Crippen molar-refractivity contribution in [2.45, 2.75) is 46.5 Å². The Bertz CT molecular complexity index is 1230. The molecule has 0 aliphatic carbocycles. The molecule has 1 aliphatic heterocycles. The first kappa shape index (κ1) is 20.7. The Labute approximate surface area is 179 Å². The second-order valence-corrected chi connectivity index (χ2v) is 7.91. The summed E-state index contributed by atoms with van der Waals surface area (Å²) in [5.74, 6) is -1.14. The highest BCUT2D eigenvalue weighted by Gasteiger charge is 2.27. The van der Waals surface area contributed by atoms with E-state index in [2.05, 4.69) is 15.4 Å². The van der Waals surface area contributed by atoms with Crippen LogP contribution in [0.5, 0.6) is 0 Å². The van der Waals surface area contributed by atoms with Crippen LogP contribution < -0.4 is 5.32 Å². The molecule has 31 heavy (non-hydrogen) atoms. The number of ketones is 1. The van der Waals surface area contributed by atoms with Crippen LogP contribution in [0.15, 0.2) is 24.3 Å². The number of amides is 1. The van der Waals surface area contributed by atoms with E-state index in [0.717, 1.165) is 39.5 Å². The van der Waals surface area contributed by atoms with E-state index in [-0.39, 0.29) is 30.6 Å². The molecule has 0 unspecified atom stereocenters. The molecule has 4 rings (SSSR count). The average molecular weight is 420 g/mol. The normalized spacial score (nSPS) is 15.1. The Morgan fingerprint density at radius 3 is 2.74 bits per heavy atom. The lowest BCUT2D eigenvalue weighted by Gasteiger charge is -2.11. The van der Waals surface area contributed by atoms with Crippen molar-refractivity contribution < 1.29 is 19.1 Å². The Hall–Kier alpha value is -3.55. The molecule has 1 atom stereocenters. The number of ether oxygens (including phenoxy) is 1. The first-order valence-electron chi connectivity index (χ1n) is 10.2. The minimum atomic E-state index is -0.449. The van der Waals surface area contributed by atoms with Gasteiger partial charge in [0.15, 0.2) is 18.0 Å². The second kappa shape index (κ2) is 7.94. The second-order valence-electron chi connectivity index (χ2n) is 7.91. The number of anilines is 1. The van der Waals surface area contributed by atoms with Gasteiger partial charge in [0.2, 0.25) is 5.91 Å². The number of carbonyl (C=O) groups excluding carboxylic acids is 3. The van der Waals surface area contributed by atoms with Crippen LogP contribution in [0.25, 0.3) is 5.65 Å². The predicted octanol–water partition coefficient (Wildman–Crippen LogP) is 3.07. The van der Waals surface area contributed by atoms with Gasteiger partial charge >= 0.3 is 5.97 Å². The van der Waals surface area contributed by atoms with Gasteiger partial charge in [0.1, 0.15) is 0 Å². The number of hydrogen-bond donors (Lipinski definition) is 1. The van der Waals surface area contributed by atoms with Crippen LogP contribution in [0.2, 0.25) is 0 Å². The molecule has 0 bridgehead atoms. The van der Waals surface area contributed by atoms with Crippen molar-refractivity contribution in [2.24, 2.45) is 0 Å². The SMILES string of the molecule is Cc1cc2nc(C)c(CCC(=O)OCC(=O)c3ccc4c(c3)[C@H](C)C(=O)N4)c(C)n2n1. The molecule has 0 saturated heterocycles. The van der Waals surface area contributed by atoms with Crippen LogP contribution >= 0.6 is 0 Å². The highest BCUT2D eigenvalue weighted by Crippen LogP contribution is 2.32. The van der Waals surface area contributed by atoms with Crippen molar-refractivity contribution in [2.75, 3.05) is 11.9 Å². The highest BCUT2D eigenvalue weighted by atomic mass is 16.5. The monoisotopic (exact) mass is 420 g/mol. The zero-order valence-corrected chi connectivity index (χ0v) is 18.0. The predicted molar refractivity (Wildman–Crippen MR) is 114 cm³/mol. The molecule has 3 heterocycles. The molecule has 1 aromatic carbocycles. The standard InChI is InChI=1S/C23H24N4O4/c1-12-9-21-24-14(3)17(15(4)27(21)26-12)6-8-22(29)31-11-20(28)16-5-7-19-18(10-16)13(2)23(30)25-19/h5,7,9-10,13H,6,8,11H2,1-4H3,(H,25,30)/t13-/m0/s1. The topological polar surface area (TPSA) is 103 Å². The number of benzene rings is 1. The number of nitrogens with one attached hydrogen (secondary N) is 1. The molecule has 0 spiro atoms. The van der Waals surface area contributed by atoms with Gasteiger partial charge in [-0.05, 0) is 63.4 Å². The van der Waals surface area contributed by atoms with Crippen molar-refractivity contribution in [3.63, 3.8) is 0 Å². The lowest BCUT2D eigenvalue weighted by molar-refractivity contribution is -0.142. The van der Waals surface area contributed by atoms with Gasteiger partial charge in [-0.1, -0.05) is 0 Å². The van der Waals surface area contributed by atoms with Crippen LogP contribution in [0.3, 0.4) is 0 Å². The Kier molecular flexibility index (Phi) is 5.31. The number of aryl methyl sites for hydroxylation is 3. The fourth-order valence-electron chi connectivity index (χ4n) is 3.92. The van der Waals surface area contributed by atoms with Gasteiger partial charge in [-0.15, -0.1) is 0 Å². The zero-order valence-electron chi connectivity index (χ0n) is 18.0. The van der Waals surface area contributed by atoms with E-state index in [4.69, 9.17) is 4.74 Å². The van der Waals surface area contributed by atoms with Gasteiger partial charge < -0.3 is 10.1 Å². The van der Waals surface area contributed by atoms with E-state index in [0.29, 0.717) is 12.0 Å². The van der Waals surface area contributed by atoms with E-state index in [1.54, 1.807) is 29.6 Å². The largest absolute Gasteiger partial charge is 0.457 e. The molecular formula is C23H24N4O4. The van der Waals surface area contributed by atoms with Gasteiger partial charge in [0.05, 0.1) is 11.6 Å². The molecule has 1 N–H and O–H groups in total. The van der Waals surface area contributed by atoms with E-state index < -0.39 is 5.97 Å². The Morgan fingerprint density at radius 1 is 1.19 bits per heavy atom. The van der Waals surface area contributed by atoms with E-state index >= 15 is 0 Å². The number of rotatable bonds is 6. The summed E-state index contributed by atoms with van der Waals surface area (Å²) >= 11 is 0. The molecular weight excluding hydrogens is 396 g/mol. The third-order valence-electron chi connectivity index (χ3n) is 5.72. The molecule has 0 saturated carbocycles. The van der Waals surface area contributed by atoms with Crippen molar-refractivity contribution in [3.05, 3.63) is 58.0 Å². The van der Waals surface area contributed by atoms with Gasteiger partial charge in [-0.2, -0.15) is 5.10 Å². The molecule has 0 fully saturated rings. The third kappa shape index (κ3) is 3.93. The molecule has 8 heteroatoms. The minimum absolute atomic E-state index is 0.0884. The molecule has 0 radical (unpaired) electrons. The first-order chi connectivity index (χ1) is 14.7. The van der Waals surface area contributed by atoms with Crippen LogP contribution in [0.1, 0.15) is 57.8 Å². The maximum Gasteiger partial charge on any atom is 0.306 e. The molecule has 2 aromatic heterocycles. The molecule has 3 aromatic rings. The number of nitrogens with zero attached hydrogens (tertiary/aromatic N) is 3. The lowest BCUT2D eigenvalue weighted by Crippen LogP contribution is -2.15. The summed E-state index contributed by atoms with van der Waals surface area (Å²) < 4.78 is 6.98. The van der Waals surface area contributed by atoms with Crippen LogP contribution in [0.4, 0.5) is 5.69 Å². The van der Waals surface area contributed by atoms with Gasteiger partial charge in [0.25, 0.3) is 0 Å². The summed E-state index contributed by atoms with van der Waals surface area (Å²) in [6, 6.07) is 6.94. The van der Waals surface area contributed by atoms with Crippen molar-refractivity contribution >= 4 is 29.0 Å². The number of carbonyl (C=O) groups is 3. The van der Waals surface area contributed by atoms with E-state index in [9.17, 15) is 14.4 Å². The van der Waals surface area contributed by atoms with Gasteiger partial charge in [0, 0.05) is 35.1 Å². The number of Topliss-reactive ketones (excluding diaryl/α,β-unsaturated/α-hetero) is 1. The summed E-state index contributed by atoms with van der Waals surface area (Å²) in [6.07, 6.45) is 0.596. The summed E-state index contributed by atoms with van der Waals surface area (Å²) in [5, 5.41) is 7.21. The van der Waals surface area contributed by atoms with Crippen molar-refractivity contribution in [1.29, 1.82) is 0 Å². The smallest absolute Gasteiger partial charge is 0.306 e. The van der Waals surface area contributed by atoms with E-state index in [1.165, 1.54) is 0 Å². The summed E-state index contributed by atoms with van der Waals surface area (Å²) in [6.45, 7) is 7.23. The molecule has 160 valence electrons. The summed E-state index contributed by atoms with van der Waals surface area (Å²) in [4.78, 5) is 41.0. The lowest BCUT2D eigenvalue weighted by atomic mass is 9.99. The number of esters is 1. The number of fused-ring (bicyclic) bond motifs is 2. The quantitative estimate of drug-likeness (QED) is 0.486. The minimum Gasteiger partial charge on any atom is -0.457 e. The highest BCUT2D eigenvalue weighted by molar-refractivity contribution is 6.05. The fourth-order valence-corrected chi connectivity index (χ4v) is 3.92. The first-order valence-corrected chi connectivity index (χ1v) is 10.2. The Balaban J connectivity index is 1.37. The number of aromatic nitrogens is 3. The summed E-state index contributed by atoms with van der Waals surface area (Å²) in [5.41, 5.74) is 6.32. The molecule has 8 nitrogen and oxygen atoms in total. The van der Waals surface area contributed by atoms with Crippen molar-refractivity contribution in [1.82, 2.24) is 14.6 Å². The summed E-state index contributed by atoms with van der Waals surface area (Å²) in [7, 11) is 0. The third-order valence-corrected chi connectivity index (χ3v) is 5.72. The van der Waals surface area contributed by atoms with Crippen LogP contribution in [-0.4, -0.2) is 38.9 Å².